The van der Waals surface area contributed by atoms with Crippen molar-refractivity contribution in [2.24, 2.45) is 0 Å². The van der Waals surface area contributed by atoms with Crippen LogP contribution < -0.4 is 9.80 Å². The summed E-state index contributed by atoms with van der Waals surface area (Å²) in [5.74, 6) is -1.07. The molecule has 2 rings (SSSR count). The summed E-state index contributed by atoms with van der Waals surface area (Å²) in [5.41, 5.74) is 1.87. The van der Waals surface area contributed by atoms with Gasteiger partial charge in [-0.1, -0.05) is 12.1 Å². The first-order chi connectivity index (χ1) is 8.59. The van der Waals surface area contributed by atoms with E-state index in [0.29, 0.717) is 6.54 Å². The second-order valence-electron chi connectivity index (χ2n) is 4.35. The second-order valence-corrected chi connectivity index (χ2v) is 4.35. The fraction of sp³-hybridized carbons (Fsp3) is 0.385. The van der Waals surface area contributed by atoms with Crippen molar-refractivity contribution < 1.29 is 14.7 Å². The van der Waals surface area contributed by atoms with E-state index in [1.54, 1.807) is 4.90 Å². The molecule has 1 heterocycles. The summed E-state index contributed by atoms with van der Waals surface area (Å²) in [4.78, 5) is 26.3. The van der Waals surface area contributed by atoms with Gasteiger partial charge in [-0.3, -0.25) is 9.59 Å². The minimum Gasteiger partial charge on any atom is -0.481 e. The molecule has 1 aliphatic heterocycles. The minimum atomic E-state index is -0.939. The fourth-order valence-corrected chi connectivity index (χ4v) is 2.11. The van der Waals surface area contributed by atoms with E-state index in [1.807, 2.05) is 31.3 Å². The Bertz CT molecular complexity index is 473. The lowest BCUT2D eigenvalue weighted by molar-refractivity contribution is -0.138. The predicted molar refractivity (Wildman–Crippen MR) is 68.9 cm³/mol. The molecule has 0 atom stereocenters. The lowest BCUT2D eigenvalue weighted by Gasteiger charge is -2.35. The van der Waals surface area contributed by atoms with Gasteiger partial charge in [-0.05, 0) is 12.1 Å². The Kier molecular flexibility index (Phi) is 3.50. The molecule has 0 unspecified atom stereocenters. The van der Waals surface area contributed by atoms with E-state index in [4.69, 9.17) is 5.11 Å². The number of amides is 1. The van der Waals surface area contributed by atoms with Gasteiger partial charge in [0.15, 0.2) is 0 Å². The van der Waals surface area contributed by atoms with E-state index >= 15 is 0 Å². The zero-order valence-corrected chi connectivity index (χ0v) is 10.3. The van der Waals surface area contributed by atoms with Crippen LogP contribution in [0.4, 0.5) is 11.4 Å². The van der Waals surface area contributed by atoms with Crippen LogP contribution in [0.3, 0.4) is 0 Å². The van der Waals surface area contributed by atoms with Crippen molar-refractivity contribution in [3.05, 3.63) is 24.3 Å². The van der Waals surface area contributed by atoms with Gasteiger partial charge in [0.05, 0.1) is 17.8 Å². The summed E-state index contributed by atoms with van der Waals surface area (Å²) in [7, 11) is 1.98. The Balaban J connectivity index is 2.18. The molecule has 1 aliphatic rings. The first-order valence-corrected chi connectivity index (χ1v) is 5.92. The molecule has 0 saturated carbocycles. The molecule has 0 aliphatic carbocycles. The van der Waals surface area contributed by atoms with Crippen molar-refractivity contribution in [2.75, 3.05) is 29.9 Å². The van der Waals surface area contributed by atoms with E-state index in [9.17, 15) is 9.59 Å². The molecule has 18 heavy (non-hydrogen) atoms. The molecular weight excluding hydrogens is 232 g/mol. The number of nitrogens with zero attached hydrogens (tertiary/aromatic N) is 2. The first-order valence-electron chi connectivity index (χ1n) is 5.92. The van der Waals surface area contributed by atoms with E-state index in [0.717, 1.165) is 17.9 Å². The average molecular weight is 248 g/mol. The quantitative estimate of drug-likeness (QED) is 0.876. The lowest BCUT2D eigenvalue weighted by Crippen LogP contribution is -2.42. The molecule has 1 N–H and O–H groups in total. The van der Waals surface area contributed by atoms with Crippen LogP contribution in [0.2, 0.25) is 0 Å². The molecule has 5 nitrogen and oxygen atoms in total. The van der Waals surface area contributed by atoms with Crippen molar-refractivity contribution in [1.29, 1.82) is 0 Å². The number of hydrogen-bond donors (Lipinski definition) is 1. The Labute approximate surface area is 106 Å². The maximum Gasteiger partial charge on any atom is 0.303 e. The Morgan fingerprint density at radius 3 is 2.50 bits per heavy atom. The summed E-state index contributed by atoms with van der Waals surface area (Å²) < 4.78 is 0. The number of para-hydroxylation sites is 2. The molecular formula is C13H16N2O3. The van der Waals surface area contributed by atoms with Crippen LogP contribution in [-0.2, 0) is 9.59 Å². The first kappa shape index (κ1) is 12.4. The predicted octanol–water partition coefficient (Wildman–Crippen LogP) is 1.33. The largest absolute Gasteiger partial charge is 0.481 e. The molecule has 96 valence electrons. The normalized spacial score (nSPS) is 14.3. The SMILES string of the molecule is CN1CCN(C(=O)CCC(=O)O)c2ccccc21. The molecule has 0 fully saturated rings. The summed E-state index contributed by atoms with van der Waals surface area (Å²) in [6, 6.07) is 7.67. The number of rotatable bonds is 3. The van der Waals surface area contributed by atoms with Crippen LogP contribution in [0, 0.1) is 0 Å². The van der Waals surface area contributed by atoms with Crippen LogP contribution in [0.1, 0.15) is 12.8 Å². The van der Waals surface area contributed by atoms with E-state index < -0.39 is 5.97 Å². The number of carboxylic acids is 1. The van der Waals surface area contributed by atoms with Crippen LogP contribution in [0.15, 0.2) is 24.3 Å². The molecule has 1 aromatic carbocycles. The number of anilines is 2. The Morgan fingerprint density at radius 2 is 1.83 bits per heavy atom. The zero-order chi connectivity index (χ0) is 13.1. The number of carbonyl (C=O) groups excluding carboxylic acids is 1. The molecule has 0 saturated heterocycles. The zero-order valence-electron chi connectivity index (χ0n) is 10.3. The van der Waals surface area contributed by atoms with Gasteiger partial charge in [0.25, 0.3) is 0 Å². The average Bonchev–Trinajstić information content (AvgIpc) is 2.37. The Morgan fingerprint density at radius 1 is 1.17 bits per heavy atom. The van der Waals surface area contributed by atoms with Gasteiger partial charge in [0.2, 0.25) is 5.91 Å². The van der Waals surface area contributed by atoms with Gasteiger partial charge >= 0.3 is 5.97 Å². The van der Waals surface area contributed by atoms with Crippen LogP contribution >= 0.6 is 0 Å². The number of carboxylic acid groups (broad SMARTS) is 1. The van der Waals surface area contributed by atoms with Crippen molar-refractivity contribution in [1.82, 2.24) is 0 Å². The summed E-state index contributed by atoms with van der Waals surface area (Å²) in [6.45, 7) is 1.36. The van der Waals surface area contributed by atoms with E-state index in [-0.39, 0.29) is 18.7 Å². The van der Waals surface area contributed by atoms with Gasteiger partial charge in [0.1, 0.15) is 0 Å². The molecule has 0 radical (unpaired) electrons. The number of aliphatic carboxylic acids is 1. The van der Waals surface area contributed by atoms with E-state index in [1.165, 1.54) is 0 Å². The third-order valence-electron chi connectivity index (χ3n) is 3.10. The van der Waals surface area contributed by atoms with Gasteiger partial charge in [-0.15, -0.1) is 0 Å². The molecule has 0 spiro atoms. The molecule has 1 amide bonds. The number of benzene rings is 1. The van der Waals surface area contributed by atoms with Crippen molar-refractivity contribution in [3.63, 3.8) is 0 Å². The van der Waals surface area contributed by atoms with Crippen molar-refractivity contribution >= 4 is 23.3 Å². The molecule has 1 aromatic rings. The maximum atomic E-state index is 12.0. The number of likely N-dealkylation sites (N-methyl/N-ethyl adjacent to an activating group) is 1. The Hall–Kier alpha value is -2.04. The number of carbonyl (C=O) groups is 2. The topological polar surface area (TPSA) is 60.9 Å². The fourth-order valence-electron chi connectivity index (χ4n) is 2.11. The maximum absolute atomic E-state index is 12.0. The number of fused-ring (bicyclic) bond motifs is 1. The monoisotopic (exact) mass is 248 g/mol. The van der Waals surface area contributed by atoms with Gasteiger partial charge < -0.3 is 14.9 Å². The highest BCUT2D eigenvalue weighted by molar-refractivity contribution is 5.98. The highest BCUT2D eigenvalue weighted by Gasteiger charge is 2.24. The summed E-state index contributed by atoms with van der Waals surface area (Å²) in [5, 5.41) is 8.62. The summed E-state index contributed by atoms with van der Waals surface area (Å²) in [6.07, 6.45) is -0.0687. The van der Waals surface area contributed by atoms with E-state index in [2.05, 4.69) is 4.90 Å². The summed E-state index contributed by atoms with van der Waals surface area (Å²) >= 11 is 0. The highest BCUT2D eigenvalue weighted by atomic mass is 16.4. The molecule has 5 heteroatoms. The molecule has 0 aromatic heterocycles. The van der Waals surface area contributed by atoms with Gasteiger partial charge in [0, 0.05) is 26.6 Å². The third kappa shape index (κ3) is 2.45. The minimum absolute atomic E-state index is 0.0490. The van der Waals surface area contributed by atoms with Crippen molar-refractivity contribution in [2.45, 2.75) is 12.8 Å². The van der Waals surface area contributed by atoms with Gasteiger partial charge in [-0.25, -0.2) is 0 Å². The van der Waals surface area contributed by atoms with Crippen molar-refractivity contribution in [3.8, 4) is 0 Å². The standard InChI is InChI=1S/C13H16N2O3/c1-14-8-9-15(12(16)6-7-13(17)18)11-5-3-2-4-10(11)14/h2-5H,6-9H2,1H3,(H,17,18). The van der Waals surface area contributed by atoms with Crippen LogP contribution in [-0.4, -0.2) is 37.1 Å². The molecule has 0 bridgehead atoms. The smallest absolute Gasteiger partial charge is 0.303 e. The number of hydrogen-bond acceptors (Lipinski definition) is 3. The second kappa shape index (κ2) is 5.08. The highest BCUT2D eigenvalue weighted by Crippen LogP contribution is 2.32. The third-order valence-corrected chi connectivity index (χ3v) is 3.10. The van der Waals surface area contributed by atoms with Gasteiger partial charge in [-0.2, -0.15) is 0 Å². The van der Waals surface area contributed by atoms with Crippen LogP contribution in [0.5, 0.6) is 0 Å². The lowest BCUT2D eigenvalue weighted by atomic mass is 10.1. The van der Waals surface area contributed by atoms with Crippen LogP contribution in [0.25, 0.3) is 0 Å².